The van der Waals surface area contributed by atoms with E-state index in [0.717, 1.165) is 5.56 Å². The predicted molar refractivity (Wildman–Crippen MR) is 98.3 cm³/mol. The zero-order valence-electron chi connectivity index (χ0n) is 14.9. The van der Waals surface area contributed by atoms with Crippen LogP contribution < -0.4 is 9.47 Å². The second kappa shape index (κ2) is 8.23. The van der Waals surface area contributed by atoms with E-state index in [2.05, 4.69) is 0 Å². The molecule has 6 heteroatoms. The van der Waals surface area contributed by atoms with Crippen LogP contribution in [-0.2, 0) is 4.74 Å². The smallest absolute Gasteiger partial charge is 0.375 e. The molecule has 1 aromatic heterocycles. The number of hydrogen-bond donors (Lipinski definition) is 0. The topological polar surface area (TPSA) is 75.0 Å². The van der Waals surface area contributed by atoms with Crippen molar-refractivity contribution in [3.8, 4) is 22.6 Å². The maximum Gasteiger partial charge on any atom is 0.375 e. The highest BCUT2D eigenvalue weighted by molar-refractivity contribution is 6.00. The molecule has 0 spiro atoms. The molecule has 0 fully saturated rings. The summed E-state index contributed by atoms with van der Waals surface area (Å²) in [6, 6.07) is 15.7. The molecule has 3 aromatic rings. The van der Waals surface area contributed by atoms with Crippen LogP contribution in [0.2, 0.25) is 0 Å². The molecule has 0 aliphatic carbocycles. The second-order valence-electron chi connectivity index (χ2n) is 5.60. The summed E-state index contributed by atoms with van der Waals surface area (Å²) < 4.78 is 20.7. The van der Waals surface area contributed by atoms with Crippen molar-refractivity contribution in [2.24, 2.45) is 0 Å². The first kappa shape index (κ1) is 18.3. The van der Waals surface area contributed by atoms with Crippen LogP contribution in [0.25, 0.3) is 11.1 Å². The summed E-state index contributed by atoms with van der Waals surface area (Å²) in [5.41, 5.74) is 1.78. The molecule has 0 unspecified atom stereocenters. The first-order chi connectivity index (χ1) is 13.1. The fraction of sp³-hybridized carbons (Fsp3) is 0.143. The summed E-state index contributed by atoms with van der Waals surface area (Å²) in [6.07, 6.45) is 1.41. The Morgan fingerprint density at radius 1 is 0.926 bits per heavy atom. The molecule has 0 amide bonds. The molecule has 2 aromatic carbocycles. The van der Waals surface area contributed by atoms with Gasteiger partial charge < -0.3 is 18.6 Å². The van der Waals surface area contributed by atoms with Crippen LogP contribution >= 0.6 is 0 Å². The summed E-state index contributed by atoms with van der Waals surface area (Å²) >= 11 is 0. The monoisotopic (exact) mass is 366 g/mol. The number of esters is 1. The van der Waals surface area contributed by atoms with E-state index in [9.17, 15) is 9.59 Å². The Morgan fingerprint density at radius 2 is 1.67 bits per heavy atom. The molecule has 0 saturated heterocycles. The largest absolute Gasteiger partial charge is 0.493 e. The number of ketones is 1. The molecule has 6 nitrogen and oxygen atoms in total. The minimum absolute atomic E-state index is 0.0568. The Balaban J connectivity index is 1.70. The highest BCUT2D eigenvalue weighted by atomic mass is 16.5. The van der Waals surface area contributed by atoms with Crippen molar-refractivity contribution in [1.82, 2.24) is 0 Å². The standard InChI is InChI=1S/C21H18O6/c1-24-18-9-8-15(12-19(18)25-2)17(22)13-27-21(23)20-16(10-11-26-20)14-6-4-3-5-7-14/h3-12H,13H2,1-2H3. The summed E-state index contributed by atoms with van der Waals surface area (Å²) in [5, 5.41) is 0. The number of methoxy groups -OCH3 is 2. The van der Waals surface area contributed by atoms with E-state index >= 15 is 0 Å². The summed E-state index contributed by atoms with van der Waals surface area (Å²) in [7, 11) is 2.99. The molecule has 0 atom stereocenters. The lowest BCUT2D eigenvalue weighted by Crippen LogP contribution is -2.14. The number of ether oxygens (including phenoxy) is 3. The van der Waals surface area contributed by atoms with Crippen molar-refractivity contribution in [1.29, 1.82) is 0 Å². The van der Waals surface area contributed by atoms with Gasteiger partial charge in [-0.25, -0.2) is 4.79 Å². The maximum absolute atomic E-state index is 12.3. The van der Waals surface area contributed by atoms with E-state index < -0.39 is 12.6 Å². The van der Waals surface area contributed by atoms with Gasteiger partial charge in [-0.05, 0) is 29.8 Å². The van der Waals surface area contributed by atoms with Gasteiger partial charge in [-0.3, -0.25) is 4.79 Å². The molecular formula is C21H18O6. The SMILES string of the molecule is COc1ccc(C(=O)COC(=O)c2occc2-c2ccccc2)cc1OC. The second-order valence-corrected chi connectivity index (χ2v) is 5.60. The van der Waals surface area contributed by atoms with Gasteiger partial charge in [0.25, 0.3) is 0 Å². The van der Waals surface area contributed by atoms with E-state index in [0.29, 0.717) is 22.6 Å². The van der Waals surface area contributed by atoms with Gasteiger partial charge in [0.2, 0.25) is 5.76 Å². The van der Waals surface area contributed by atoms with E-state index in [1.165, 1.54) is 26.5 Å². The van der Waals surface area contributed by atoms with Gasteiger partial charge in [0.05, 0.1) is 20.5 Å². The Kier molecular flexibility index (Phi) is 5.56. The summed E-state index contributed by atoms with van der Waals surface area (Å²) in [6.45, 7) is -0.413. The van der Waals surface area contributed by atoms with E-state index in [1.807, 2.05) is 30.3 Å². The lowest BCUT2D eigenvalue weighted by Gasteiger charge is -2.09. The van der Waals surface area contributed by atoms with Gasteiger partial charge >= 0.3 is 5.97 Å². The van der Waals surface area contributed by atoms with Gasteiger partial charge in [-0.15, -0.1) is 0 Å². The minimum atomic E-state index is -0.701. The number of rotatable bonds is 7. The van der Waals surface area contributed by atoms with Gasteiger partial charge in [0, 0.05) is 11.1 Å². The van der Waals surface area contributed by atoms with Crippen LogP contribution in [0, 0.1) is 0 Å². The van der Waals surface area contributed by atoms with Gasteiger partial charge in [0.15, 0.2) is 23.9 Å². The average Bonchev–Trinajstić information content (AvgIpc) is 3.21. The van der Waals surface area contributed by atoms with Crippen molar-refractivity contribution in [3.05, 3.63) is 72.2 Å². The first-order valence-electron chi connectivity index (χ1n) is 8.19. The third kappa shape index (κ3) is 4.00. The van der Waals surface area contributed by atoms with Crippen LogP contribution in [-0.4, -0.2) is 32.6 Å². The zero-order valence-corrected chi connectivity index (χ0v) is 14.9. The minimum Gasteiger partial charge on any atom is -0.493 e. The molecule has 0 bridgehead atoms. The normalized spacial score (nSPS) is 10.3. The third-order valence-electron chi connectivity index (χ3n) is 3.98. The van der Waals surface area contributed by atoms with Crippen LogP contribution in [0.3, 0.4) is 0 Å². The number of benzene rings is 2. The number of carbonyl (C=O) groups is 2. The third-order valence-corrected chi connectivity index (χ3v) is 3.98. The number of carbonyl (C=O) groups excluding carboxylic acids is 2. The molecule has 0 aliphatic heterocycles. The predicted octanol–water partition coefficient (Wildman–Crippen LogP) is 4.00. The maximum atomic E-state index is 12.3. The molecule has 0 N–H and O–H groups in total. The van der Waals surface area contributed by atoms with Crippen LogP contribution in [0.1, 0.15) is 20.9 Å². The molecule has 0 aliphatic rings. The molecule has 27 heavy (non-hydrogen) atoms. The van der Waals surface area contributed by atoms with Crippen LogP contribution in [0.4, 0.5) is 0 Å². The lowest BCUT2D eigenvalue weighted by molar-refractivity contribution is 0.0445. The Hall–Kier alpha value is -3.54. The molecule has 0 saturated carbocycles. The van der Waals surface area contributed by atoms with E-state index in [-0.39, 0.29) is 11.5 Å². The van der Waals surface area contributed by atoms with Crippen molar-refractivity contribution in [2.75, 3.05) is 20.8 Å². The highest BCUT2D eigenvalue weighted by Crippen LogP contribution is 2.28. The van der Waals surface area contributed by atoms with Crippen LogP contribution in [0.15, 0.2) is 65.3 Å². The van der Waals surface area contributed by atoms with Gasteiger partial charge in [-0.2, -0.15) is 0 Å². The quantitative estimate of drug-likeness (QED) is 0.465. The fourth-order valence-corrected chi connectivity index (χ4v) is 2.60. The van der Waals surface area contributed by atoms with Gasteiger partial charge in [-0.1, -0.05) is 30.3 Å². The molecule has 1 heterocycles. The summed E-state index contributed by atoms with van der Waals surface area (Å²) in [5.74, 6) is -0.0766. The molecule has 0 radical (unpaired) electrons. The van der Waals surface area contributed by atoms with Crippen molar-refractivity contribution in [2.45, 2.75) is 0 Å². The Bertz CT molecular complexity index is 942. The van der Waals surface area contributed by atoms with Crippen molar-refractivity contribution < 1.29 is 28.2 Å². The molecular weight excluding hydrogens is 348 g/mol. The zero-order chi connectivity index (χ0) is 19.2. The Morgan fingerprint density at radius 3 is 2.37 bits per heavy atom. The highest BCUT2D eigenvalue weighted by Gasteiger charge is 2.20. The number of hydrogen-bond acceptors (Lipinski definition) is 6. The van der Waals surface area contributed by atoms with Gasteiger partial charge in [0.1, 0.15) is 0 Å². The lowest BCUT2D eigenvalue weighted by atomic mass is 10.1. The number of Topliss-reactive ketones (excluding diaryl/α,β-unsaturated/α-hetero) is 1. The van der Waals surface area contributed by atoms with E-state index in [4.69, 9.17) is 18.6 Å². The molecule has 138 valence electrons. The van der Waals surface area contributed by atoms with Crippen molar-refractivity contribution >= 4 is 11.8 Å². The van der Waals surface area contributed by atoms with Crippen LogP contribution in [0.5, 0.6) is 11.5 Å². The molecule has 3 rings (SSSR count). The first-order valence-corrected chi connectivity index (χ1v) is 8.19. The number of furan rings is 1. The van der Waals surface area contributed by atoms with Crippen molar-refractivity contribution in [3.63, 3.8) is 0 Å². The fourth-order valence-electron chi connectivity index (χ4n) is 2.60. The average molecular weight is 366 g/mol. The summed E-state index contributed by atoms with van der Waals surface area (Å²) in [4.78, 5) is 24.7. The Labute approximate surface area is 156 Å². The van der Waals surface area contributed by atoms with E-state index in [1.54, 1.807) is 18.2 Å².